The zero-order valence-corrected chi connectivity index (χ0v) is 19.9. The third-order valence-electron chi connectivity index (χ3n) is 6.52. The Morgan fingerprint density at radius 2 is 1.00 bits per heavy atom. The van der Waals surface area contributed by atoms with E-state index in [1.54, 1.807) is 0 Å². The van der Waals surface area contributed by atoms with Crippen LogP contribution < -0.4 is 0 Å². The largest absolute Gasteiger partial charge is 0.0843 e. The molecule has 6 aromatic rings. The zero-order valence-electron chi connectivity index (χ0n) is 19.2. The van der Waals surface area contributed by atoms with Gasteiger partial charge in [0.2, 0.25) is 0 Å². The van der Waals surface area contributed by atoms with Gasteiger partial charge in [0.1, 0.15) is 0 Å². The number of benzene rings is 6. The van der Waals surface area contributed by atoms with Gasteiger partial charge in [-0.05, 0) is 73.5 Å². The monoisotopic (exact) mass is 466 g/mol. The maximum Gasteiger partial charge on any atom is 0.0412 e. The highest BCUT2D eigenvalue weighted by Crippen LogP contribution is 2.43. The Hall–Kier alpha value is -4.13. The second-order valence-electron chi connectivity index (χ2n) is 8.72. The molecule has 6 rings (SSSR count). The van der Waals surface area contributed by atoms with Gasteiger partial charge in [0.25, 0.3) is 0 Å². The Kier molecular flexibility index (Phi) is 5.66. The summed E-state index contributed by atoms with van der Waals surface area (Å²) in [6, 6.07) is 49.3. The topological polar surface area (TPSA) is 0 Å². The van der Waals surface area contributed by atoms with Crippen molar-refractivity contribution in [2.75, 3.05) is 0 Å². The third-order valence-corrected chi connectivity index (χ3v) is 6.76. The van der Waals surface area contributed by atoms with Crippen molar-refractivity contribution in [3.05, 3.63) is 145 Å². The van der Waals surface area contributed by atoms with E-state index in [9.17, 15) is 0 Å². The molecule has 0 N–H and O–H groups in total. The fourth-order valence-corrected chi connectivity index (χ4v) is 5.11. The normalized spacial score (nSPS) is 11.0. The van der Waals surface area contributed by atoms with Crippen LogP contribution in [-0.4, -0.2) is 0 Å². The van der Waals surface area contributed by atoms with Crippen LogP contribution >= 0.6 is 11.6 Å². The Morgan fingerprint density at radius 1 is 0.371 bits per heavy atom. The van der Waals surface area contributed by atoms with E-state index in [1.807, 2.05) is 12.1 Å². The van der Waals surface area contributed by atoms with Crippen molar-refractivity contribution in [2.45, 2.75) is 0 Å². The van der Waals surface area contributed by atoms with Crippen molar-refractivity contribution in [3.8, 4) is 44.5 Å². The summed E-state index contributed by atoms with van der Waals surface area (Å²) in [5.41, 5.74) is 9.59. The van der Waals surface area contributed by atoms with Gasteiger partial charge in [-0.3, -0.25) is 0 Å². The molecule has 0 radical (unpaired) electrons. The molecule has 1 heteroatoms. The van der Waals surface area contributed by atoms with E-state index in [1.165, 1.54) is 49.7 Å². The van der Waals surface area contributed by atoms with Crippen LogP contribution in [0.15, 0.2) is 140 Å². The number of hydrogen-bond donors (Lipinski definition) is 0. The highest BCUT2D eigenvalue weighted by molar-refractivity contribution is 6.31. The Balaban J connectivity index is 1.70. The minimum atomic E-state index is 0.742. The van der Waals surface area contributed by atoms with Crippen LogP contribution in [-0.2, 0) is 0 Å². The Morgan fingerprint density at radius 3 is 1.77 bits per heavy atom. The quantitative estimate of drug-likeness (QED) is 0.242. The summed E-state index contributed by atoms with van der Waals surface area (Å²) in [6.07, 6.45) is 0. The maximum absolute atomic E-state index is 6.42. The molecule has 0 amide bonds. The van der Waals surface area contributed by atoms with Crippen LogP contribution in [0.2, 0.25) is 5.02 Å². The molecule has 0 saturated carbocycles. The average molecular weight is 467 g/mol. The summed E-state index contributed by atoms with van der Waals surface area (Å²) in [7, 11) is 0. The van der Waals surface area contributed by atoms with Crippen molar-refractivity contribution in [1.29, 1.82) is 0 Å². The molecule has 6 aromatic carbocycles. The van der Waals surface area contributed by atoms with Gasteiger partial charge in [0.15, 0.2) is 0 Å². The molecule has 0 saturated heterocycles. The second-order valence-corrected chi connectivity index (χ2v) is 9.15. The molecule has 0 aliphatic carbocycles. The summed E-state index contributed by atoms with van der Waals surface area (Å²) in [4.78, 5) is 0. The lowest BCUT2D eigenvalue weighted by molar-refractivity contribution is 1.58. The molecule has 0 aliphatic rings. The lowest BCUT2D eigenvalue weighted by atomic mass is 9.85. The van der Waals surface area contributed by atoms with Crippen molar-refractivity contribution < 1.29 is 0 Å². The molecular weight excluding hydrogens is 444 g/mol. The summed E-state index contributed by atoms with van der Waals surface area (Å²) in [5.74, 6) is 0. The van der Waals surface area contributed by atoms with Crippen LogP contribution in [0.25, 0.3) is 55.3 Å². The molecule has 0 bridgehead atoms. The van der Waals surface area contributed by atoms with Crippen LogP contribution in [0.4, 0.5) is 0 Å². The molecule has 166 valence electrons. The molecule has 0 aliphatic heterocycles. The molecular formula is C34H23Cl. The van der Waals surface area contributed by atoms with E-state index >= 15 is 0 Å². The van der Waals surface area contributed by atoms with E-state index in [2.05, 4.69) is 127 Å². The lowest BCUT2D eigenvalue weighted by Gasteiger charge is -2.18. The van der Waals surface area contributed by atoms with Crippen molar-refractivity contribution in [3.63, 3.8) is 0 Å². The van der Waals surface area contributed by atoms with Gasteiger partial charge in [-0.1, -0.05) is 133 Å². The van der Waals surface area contributed by atoms with Gasteiger partial charge in [-0.2, -0.15) is 0 Å². The molecule has 0 unspecified atom stereocenters. The summed E-state index contributed by atoms with van der Waals surface area (Å²) < 4.78 is 0. The van der Waals surface area contributed by atoms with Crippen molar-refractivity contribution in [1.82, 2.24) is 0 Å². The lowest BCUT2D eigenvalue weighted by Crippen LogP contribution is -1.91. The molecule has 0 aromatic heterocycles. The van der Waals surface area contributed by atoms with E-state index in [0.717, 1.165) is 10.6 Å². The standard InChI is InChI=1S/C34H23Cl/c35-30-18-8-16-28(23-30)31-19-9-14-26-20-21-32(25-12-5-2-6-13-25)34(33(26)31)29-17-7-15-27(22-29)24-10-3-1-4-11-24/h1-23H. The van der Waals surface area contributed by atoms with Crippen LogP contribution in [0.3, 0.4) is 0 Å². The number of hydrogen-bond acceptors (Lipinski definition) is 0. The molecule has 0 fully saturated rings. The van der Waals surface area contributed by atoms with E-state index in [-0.39, 0.29) is 0 Å². The smallest absolute Gasteiger partial charge is 0.0412 e. The fraction of sp³-hybridized carbons (Fsp3) is 0. The zero-order chi connectivity index (χ0) is 23.6. The average Bonchev–Trinajstić information content (AvgIpc) is 2.93. The Bertz CT molecular complexity index is 1630. The van der Waals surface area contributed by atoms with Gasteiger partial charge in [-0.25, -0.2) is 0 Å². The predicted molar refractivity (Wildman–Crippen MR) is 151 cm³/mol. The highest BCUT2D eigenvalue weighted by Gasteiger charge is 2.16. The molecule has 0 heterocycles. The summed E-state index contributed by atoms with van der Waals surface area (Å²) >= 11 is 6.42. The van der Waals surface area contributed by atoms with Crippen molar-refractivity contribution in [2.24, 2.45) is 0 Å². The van der Waals surface area contributed by atoms with E-state index in [0.29, 0.717) is 0 Å². The van der Waals surface area contributed by atoms with Gasteiger partial charge in [0.05, 0.1) is 0 Å². The SMILES string of the molecule is Clc1cccc(-c2cccc3ccc(-c4ccccc4)c(-c4cccc(-c5ccccc5)c4)c23)c1. The van der Waals surface area contributed by atoms with E-state index in [4.69, 9.17) is 11.6 Å². The van der Waals surface area contributed by atoms with Crippen LogP contribution in [0, 0.1) is 0 Å². The predicted octanol–water partition coefficient (Wildman–Crippen LogP) is 10.2. The number of fused-ring (bicyclic) bond motifs is 1. The molecule has 0 atom stereocenters. The van der Waals surface area contributed by atoms with Crippen molar-refractivity contribution >= 4 is 22.4 Å². The molecule has 35 heavy (non-hydrogen) atoms. The van der Waals surface area contributed by atoms with Crippen LogP contribution in [0.5, 0.6) is 0 Å². The maximum atomic E-state index is 6.42. The van der Waals surface area contributed by atoms with E-state index < -0.39 is 0 Å². The first-order chi connectivity index (χ1) is 17.3. The summed E-state index contributed by atoms with van der Waals surface area (Å²) in [5, 5.41) is 3.19. The first-order valence-electron chi connectivity index (χ1n) is 11.8. The fourth-order valence-electron chi connectivity index (χ4n) is 4.92. The third kappa shape index (κ3) is 4.14. The van der Waals surface area contributed by atoms with Gasteiger partial charge < -0.3 is 0 Å². The first-order valence-corrected chi connectivity index (χ1v) is 12.2. The molecule has 0 spiro atoms. The first kappa shape index (κ1) is 21.4. The highest BCUT2D eigenvalue weighted by atomic mass is 35.5. The molecule has 0 nitrogen and oxygen atoms in total. The Labute approximate surface area is 211 Å². The second kappa shape index (κ2) is 9.25. The van der Waals surface area contributed by atoms with Gasteiger partial charge in [0, 0.05) is 5.02 Å². The minimum absolute atomic E-state index is 0.742. The van der Waals surface area contributed by atoms with Gasteiger partial charge >= 0.3 is 0 Å². The van der Waals surface area contributed by atoms with Gasteiger partial charge in [-0.15, -0.1) is 0 Å². The summed E-state index contributed by atoms with van der Waals surface area (Å²) in [6.45, 7) is 0. The number of halogens is 1. The number of rotatable bonds is 4. The minimum Gasteiger partial charge on any atom is -0.0843 e. The van der Waals surface area contributed by atoms with Crippen LogP contribution in [0.1, 0.15) is 0 Å².